The zero-order chi connectivity index (χ0) is 9.07. The molecule has 0 rings (SSSR count). The first kappa shape index (κ1) is 12.2. The third-order valence-electron chi connectivity index (χ3n) is 1.66. The lowest BCUT2D eigenvalue weighted by Crippen LogP contribution is -1.82. The second-order valence-electron chi connectivity index (χ2n) is 2.70. The summed E-state index contributed by atoms with van der Waals surface area (Å²) in [6.45, 7) is 0. The van der Waals surface area contributed by atoms with E-state index in [0.717, 1.165) is 5.75 Å². The summed E-state index contributed by atoms with van der Waals surface area (Å²) in [7, 11) is 0. The monoisotopic (exact) mass is 203 g/mol. The van der Waals surface area contributed by atoms with E-state index >= 15 is 0 Å². The van der Waals surface area contributed by atoms with Crippen LogP contribution in [0.4, 0.5) is 0 Å². The summed E-state index contributed by atoms with van der Waals surface area (Å²) in [5, 5.41) is 10.3. The predicted octanol–water partition coefficient (Wildman–Crippen LogP) is 3.51. The van der Waals surface area contributed by atoms with Gasteiger partial charge in [0, 0.05) is 5.75 Å². The van der Waals surface area contributed by atoms with Crippen molar-refractivity contribution in [1.29, 1.82) is 5.26 Å². The summed E-state index contributed by atoms with van der Waals surface area (Å²) in [6, 6.07) is 0. The molecular formula is C9H17NS2. The van der Waals surface area contributed by atoms with Crippen LogP contribution >= 0.6 is 23.5 Å². The van der Waals surface area contributed by atoms with E-state index in [-0.39, 0.29) is 0 Å². The molecule has 3 heteroatoms. The Kier molecular flexibility index (Phi) is 11.4. The van der Waals surface area contributed by atoms with Crippen LogP contribution in [-0.4, -0.2) is 17.8 Å². The topological polar surface area (TPSA) is 23.8 Å². The van der Waals surface area contributed by atoms with Crippen molar-refractivity contribution < 1.29 is 0 Å². The summed E-state index contributed by atoms with van der Waals surface area (Å²) in [4.78, 5) is 0. The molecule has 0 fully saturated rings. The average molecular weight is 203 g/mol. The van der Waals surface area contributed by atoms with Crippen molar-refractivity contribution in [2.24, 2.45) is 0 Å². The molecule has 1 nitrogen and oxygen atoms in total. The van der Waals surface area contributed by atoms with Crippen LogP contribution in [0.1, 0.15) is 32.1 Å². The summed E-state index contributed by atoms with van der Waals surface area (Å²) < 4.78 is 0. The Labute approximate surface area is 84.3 Å². The van der Waals surface area contributed by atoms with Gasteiger partial charge in [0.05, 0.1) is 0 Å². The minimum atomic E-state index is 1.01. The van der Waals surface area contributed by atoms with Crippen LogP contribution in [0.15, 0.2) is 0 Å². The first-order valence-corrected chi connectivity index (χ1v) is 6.79. The lowest BCUT2D eigenvalue weighted by Gasteiger charge is -1.98. The van der Waals surface area contributed by atoms with Gasteiger partial charge in [0.15, 0.2) is 0 Å². The summed E-state index contributed by atoms with van der Waals surface area (Å²) >= 11 is 3.30. The molecule has 0 saturated heterocycles. The Bertz CT molecular complexity index is 120. The van der Waals surface area contributed by atoms with Crippen molar-refractivity contribution in [2.45, 2.75) is 32.1 Å². The van der Waals surface area contributed by atoms with Gasteiger partial charge in [-0.05, 0) is 36.6 Å². The van der Waals surface area contributed by atoms with Crippen molar-refractivity contribution in [3.8, 4) is 5.40 Å². The Hall–Kier alpha value is 0.190. The SMILES string of the molecule is CSCCCCCCCSC#N. The van der Waals surface area contributed by atoms with Gasteiger partial charge < -0.3 is 0 Å². The molecule has 12 heavy (non-hydrogen) atoms. The van der Waals surface area contributed by atoms with Gasteiger partial charge in [0.2, 0.25) is 0 Å². The smallest absolute Gasteiger partial charge is 0.133 e. The fourth-order valence-corrected chi connectivity index (χ4v) is 1.93. The van der Waals surface area contributed by atoms with Crippen molar-refractivity contribution in [1.82, 2.24) is 0 Å². The Morgan fingerprint density at radius 2 is 1.58 bits per heavy atom. The first-order valence-electron chi connectivity index (χ1n) is 4.41. The summed E-state index contributed by atoms with van der Waals surface area (Å²) in [5.41, 5.74) is 0. The fraction of sp³-hybridized carbons (Fsp3) is 0.889. The zero-order valence-electron chi connectivity index (χ0n) is 7.71. The fourth-order valence-electron chi connectivity index (χ4n) is 0.997. The van der Waals surface area contributed by atoms with Crippen LogP contribution in [0.3, 0.4) is 0 Å². The summed E-state index contributed by atoms with van der Waals surface area (Å²) in [5.74, 6) is 2.31. The van der Waals surface area contributed by atoms with E-state index in [2.05, 4.69) is 11.7 Å². The second kappa shape index (κ2) is 11.2. The summed E-state index contributed by atoms with van der Waals surface area (Å²) in [6.07, 6.45) is 8.71. The minimum absolute atomic E-state index is 1.01. The van der Waals surface area contributed by atoms with Gasteiger partial charge >= 0.3 is 0 Å². The molecule has 0 aliphatic heterocycles. The second-order valence-corrected chi connectivity index (χ2v) is 4.57. The van der Waals surface area contributed by atoms with Gasteiger partial charge in [-0.15, -0.1) is 0 Å². The normalized spacial score (nSPS) is 9.67. The largest absolute Gasteiger partial charge is 0.185 e. The van der Waals surface area contributed by atoms with Crippen LogP contribution < -0.4 is 0 Å². The third-order valence-corrected chi connectivity index (χ3v) is 2.98. The molecule has 0 heterocycles. The number of thiocyanates is 1. The maximum Gasteiger partial charge on any atom is 0.133 e. The van der Waals surface area contributed by atoms with E-state index in [1.165, 1.54) is 49.6 Å². The van der Waals surface area contributed by atoms with Gasteiger partial charge in [0.1, 0.15) is 5.40 Å². The molecule has 70 valence electrons. The van der Waals surface area contributed by atoms with Gasteiger partial charge in [-0.25, -0.2) is 0 Å². The Morgan fingerprint density at radius 3 is 2.17 bits per heavy atom. The van der Waals surface area contributed by atoms with Crippen LogP contribution in [0.2, 0.25) is 0 Å². The molecule has 0 aromatic rings. The number of nitriles is 1. The van der Waals surface area contributed by atoms with E-state index in [1.807, 2.05) is 11.8 Å². The first-order chi connectivity index (χ1) is 5.91. The molecule has 0 unspecified atom stereocenters. The number of nitrogens with zero attached hydrogens (tertiary/aromatic N) is 1. The molecule has 0 aromatic carbocycles. The van der Waals surface area contributed by atoms with Gasteiger partial charge in [-0.2, -0.15) is 17.0 Å². The lowest BCUT2D eigenvalue weighted by atomic mass is 10.2. The maximum absolute atomic E-state index is 8.25. The molecule has 0 amide bonds. The highest BCUT2D eigenvalue weighted by Gasteiger charge is 1.90. The predicted molar refractivity (Wildman–Crippen MR) is 59.5 cm³/mol. The van der Waals surface area contributed by atoms with Crippen LogP contribution in [-0.2, 0) is 0 Å². The molecule has 0 saturated carbocycles. The zero-order valence-corrected chi connectivity index (χ0v) is 9.35. The van der Waals surface area contributed by atoms with E-state index in [0.29, 0.717) is 0 Å². The molecule has 0 spiro atoms. The highest BCUT2D eigenvalue weighted by Crippen LogP contribution is 2.08. The maximum atomic E-state index is 8.25. The average Bonchev–Trinajstić information content (AvgIpc) is 2.10. The molecule has 0 radical (unpaired) electrons. The minimum Gasteiger partial charge on any atom is -0.185 e. The quantitative estimate of drug-likeness (QED) is 0.445. The molecule has 0 aromatic heterocycles. The van der Waals surface area contributed by atoms with Crippen molar-refractivity contribution in [3.63, 3.8) is 0 Å². The molecule has 0 bridgehead atoms. The highest BCUT2D eigenvalue weighted by atomic mass is 32.2. The van der Waals surface area contributed by atoms with E-state index in [1.54, 1.807) is 0 Å². The molecule has 0 atom stereocenters. The van der Waals surface area contributed by atoms with E-state index in [4.69, 9.17) is 5.26 Å². The lowest BCUT2D eigenvalue weighted by molar-refractivity contribution is 0.663. The molecule has 0 aliphatic rings. The molecule has 0 N–H and O–H groups in total. The van der Waals surface area contributed by atoms with Crippen molar-refractivity contribution in [2.75, 3.05) is 17.8 Å². The Morgan fingerprint density at radius 1 is 1.00 bits per heavy atom. The molecular weight excluding hydrogens is 186 g/mol. The number of hydrogen-bond donors (Lipinski definition) is 0. The number of rotatable bonds is 8. The van der Waals surface area contributed by atoms with Gasteiger partial charge in [-0.3, -0.25) is 0 Å². The van der Waals surface area contributed by atoms with Gasteiger partial charge in [0.25, 0.3) is 0 Å². The van der Waals surface area contributed by atoms with Gasteiger partial charge in [-0.1, -0.05) is 19.3 Å². The highest BCUT2D eigenvalue weighted by molar-refractivity contribution is 8.03. The van der Waals surface area contributed by atoms with Crippen molar-refractivity contribution >= 4 is 23.5 Å². The Balaban J connectivity index is 2.78. The van der Waals surface area contributed by atoms with Crippen LogP contribution in [0, 0.1) is 10.7 Å². The van der Waals surface area contributed by atoms with Crippen LogP contribution in [0.25, 0.3) is 0 Å². The number of unbranched alkanes of at least 4 members (excludes halogenated alkanes) is 4. The molecule has 0 aliphatic carbocycles. The van der Waals surface area contributed by atoms with Crippen molar-refractivity contribution in [3.05, 3.63) is 0 Å². The standard InChI is InChI=1S/C9H17NS2/c1-11-7-5-3-2-4-6-8-12-9-10/h2-8H2,1H3. The number of thioether (sulfide) groups is 2. The van der Waals surface area contributed by atoms with E-state index in [9.17, 15) is 0 Å². The van der Waals surface area contributed by atoms with Crippen LogP contribution in [0.5, 0.6) is 0 Å². The van der Waals surface area contributed by atoms with E-state index < -0.39 is 0 Å². The number of hydrogen-bond acceptors (Lipinski definition) is 3. The third kappa shape index (κ3) is 10.2.